The standard InChI is InChI=1S/C29H34FN5O2.C2H6/c1-6-26(22-7-10-27(37-5)25(30)16-22)35-14-13-32-28(21(35)4)34-23-8-9-24(19(2)15-23)20(3)33-18-29(36)11-12-31-17-29;1-2/h6-10,13-16,31,33,36H,3-4,11-12,17-18H2,1-2,5H3,(H,32,34);1-2H3/b26-6-;. The van der Waals surface area contributed by atoms with E-state index in [1.807, 2.05) is 62.9 Å². The van der Waals surface area contributed by atoms with Crippen LogP contribution in [0.1, 0.15) is 43.9 Å². The molecule has 4 rings (SSSR count). The van der Waals surface area contributed by atoms with E-state index < -0.39 is 11.4 Å². The van der Waals surface area contributed by atoms with Crippen LogP contribution < -0.4 is 20.7 Å². The van der Waals surface area contributed by atoms with Crippen LogP contribution in [-0.4, -0.2) is 48.2 Å². The topological polar surface area (TPSA) is 81.2 Å². The number of hydrogen-bond donors (Lipinski definition) is 4. The zero-order chi connectivity index (χ0) is 28.6. The summed E-state index contributed by atoms with van der Waals surface area (Å²) in [4.78, 5) is 6.35. The molecule has 0 aliphatic carbocycles. The molecule has 0 saturated carbocycles. The van der Waals surface area contributed by atoms with E-state index >= 15 is 0 Å². The van der Waals surface area contributed by atoms with Gasteiger partial charge in [0.25, 0.3) is 0 Å². The predicted octanol–water partition coefficient (Wildman–Crippen LogP) is 5.63. The van der Waals surface area contributed by atoms with Gasteiger partial charge in [-0.05, 0) is 62.7 Å². The van der Waals surface area contributed by atoms with Crippen LogP contribution in [0.2, 0.25) is 0 Å². The van der Waals surface area contributed by atoms with Gasteiger partial charge in [-0.3, -0.25) is 0 Å². The van der Waals surface area contributed by atoms with E-state index in [0.29, 0.717) is 30.2 Å². The number of aliphatic hydroxyl groups is 1. The van der Waals surface area contributed by atoms with Gasteiger partial charge in [-0.15, -0.1) is 0 Å². The van der Waals surface area contributed by atoms with Crippen LogP contribution >= 0.6 is 0 Å². The number of aliphatic imine (C=N–C) groups is 1. The molecular weight excluding hydrogens is 493 g/mol. The third-order valence-electron chi connectivity index (χ3n) is 6.63. The van der Waals surface area contributed by atoms with Gasteiger partial charge >= 0.3 is 0 Å². The molecule has 4 N–H and O–H groups in total. The summed E-state index contributed by atoms with van der Waals surface area (Å²) in [5.74, 6) is 0.341. The van der Waals surface area contributed by atoms with E-state index in [2.05, 4.69) is 34.1 Å². The van der Waals surface area contributed by atoms with Crippen molar-refractivity contribution in [2.75, 3.05) is 32.1 Å². The van der Waals surface area contributed by atoms with Crippen molar-refractivity contribution in [2.24, 2.45) is 4.99 Å². The Hall–Kier alpha value is -3.88. The first kappa shape index (κ1) is 29.7. The van der Waals surface area contributed by atoms with Crippen molar-refractivity contribution >= 4 is 22.9 Å². The lowest BCUT2D eigenvalue weighted by molar-refractivity contribution is 0.0654. The number of allylic oxidation sites excluding steroid dienone is 1. The molecule has 8 heteroatoms. The van der Waals surface area contributed by atoms with Gasteiger partial charge in [-0.25, -0.2) is 9.38 Å². The number of ether oxygens (including phenoxy) is 1. The summed E-state index contributed by atoms with van der Waals surface area (Å²) >= 11 is 0. The Morgan fingerprint density at radius 1 is 1.28 bits per heavy atom. The highest BCUT2D eigenvalue weighted by Crippen LogP contribution is 2.30. The van der Waals surface area contributed by atoms with E-state index in [9.17, 15) is 9.50 Å². The van der Waals surface area contributed by atoms with Gasteiger partial charge in [-0.1, -0.05) is 39.1 Å². The molecule has 7 nitrogen and oxygen atoms in total. The molecular formula is C31H40FN5O2. The number of hydrogen-bond acceptors (Lipinski definition) is 7. The summed E-state index contributed by atoms with van der Waals surface area (Å²) in [5.41, 5.74) is 4.95. The molecule has 1 atom stereocenters. The maximum Gasteiger partial charge on any atom is 0.165 e. The Morgan fingerprint density at radius 2 is 2.05 bits per heavy atom. The second-order valence-corrected chi connectivity index (χ2v) is 9.25. The van der Waals surface area contributed by atoms with Crippen molar-refractivity contribution in [1.82, 2.24) is 15.5 Å². The zero-order valence-electron chi connectivity index (χ0n) is 23.6. The van der Waals surface area contributed by atoms with E-state index in [4.69, 9.17) is 4.74 Å². The van der Waals surface area contributed by atoms with Gasteiger partial charge in [0.2, 0.25) is 0 Å². The van der Waals surface area contributed by atoms with Crippen molar-refractivity contribution in [3.8, 4) is 5.75 Å². The summed E-state index contributed by atoms with van der Waals surface area (Å²) in [6, 6.07) is 10.8. The monoisotopic (exact) mass is 533 g/mol. The van der Waals surface area contributed by atoms with Crippen LogP contribution in [0.25, 0.3) is 11.4 Å². The minimum Gasteiger partial charge on any atom is -0.494 e. The minimum atomic E-state index is -0.749. The van der Waals surface area contributed by atoms with Gasteiger partial charge in [-0.2, -0.15) is 0 Å². The van der Waals surface area contributed by atoms with Crippen LogP contribution in [0.15, 0.2) is 78.7 Å². The molecule has 0 bridgehead atoms. The molecule has 1 fully saturated rings. The highest BCUT2D eigenvalue weighted by atomic mass is 19.1. The average molecular weight is 534 g/mol. The molecule has 0 amide bonds. The van der Waals surface area contributed by atoms with Gasteiger partial charge in [0.1, 0.15) is 0 Å². The van der Waals surface area contributed by atoms with E-state index in [-0.39, 0.29) is 5.75 Å². The first-order chi connectivity index (χ1) is 18.7. The van der Waals surface area contributed by atoms with Crippen molar-refractivity contribution in [3.05, 3.63) is 96.2 Å². The number of methoxy groups -OCH3 is 1. The zero-order valence-corrected chi connectivity index (χ0v) is 23.6. The molecule has 2 aromatic rings. The van der Waals surface area contributed by atoms with Gasteiger partial charge in [0.05, 0.1) is 18.4 Å². The first-order valence-electron chi connectivity index (χ1n) is 13.2. The Labute approximate surface area is 231 Å². The largest absolute Gasteiger partial charge is 0.494 e. The molecule has 39 heavy (non-hydrogen) atoms. The summed E-state index contributed by atoms with van der Waals surface area (Å²) in [7, 11) is 1.44. The van der Waals surface area contributed by atoms with Gasteiger partial charge in [0.15, 0.2) is 17.4 Å². The number of nitrogens with zero attached hydrogens (tertiary/aromatic N) is 2. The fourth-order valence-electron chi connectivity index (χ4n) is 4.52. The van der Waals surface area contributed by atoms with Crippen LogP contribution in [-0.2, 0) is 0 Å². The van der Waals surface area contributed by atoms with Gasteiger partial charge in [0, 0.05) is 53.7 Å². The molecule has 1 saturated heterocycles. The minimum absolute atomic E-state index is 0.194. The third-order valence-corrected chi connectivity index (χ3v) is 6.63. The number of aryl methyl sites for hydroxylation is 1. The molecule has 0 aromatic heterocycles. The fraction of sp³-hybridized carbons (Fsp3) is 0.323. The maximum absolute atomic E-state index is 14.4. The Kier molecular flexibility index (Phi) is 10.1. The van der Waals surface area contributed by atoms with Gasteiger partial charge < -0.3 is 30.7 Å². The van der Waals surface area contributed by atoms with E-state index in [1.165, 1.54) is 13.2 Å². The van der Waals surface area contributed by atoms with Crippen molar-refractivity contribution in [3.63, 3.8) is 0 Å². The summed E-state index contributed by atoms with van der Waals surface area (Å²) in [6.07, 6.45) is 6.09. The lowest BCUT2D eigenvalue weighted by Crippen LogP contribution is -2.41. The fourth-order valence-corrected chi connectivity index (χ4v) is 4.52. The second kappa shape index (κ2) is 13.3. The summed E-state index contributed by atoms with van der Waals surface area (Å²) in [6.45, 7) is 18.1. The molecule has 208 valence electrons. The van der Waals surface area contributed by atoms with Crippen molar-refractivity contribution in [2.45, 2.75) is 39.7 Å². The highest BCUT2D eigenvalue weighted by Gasteiger charge is 2.30. The molecule has 1 unspecified atom stereocenters. The predicted molar refractivity (Wildman–Crippen MR) is 160 cm³/mol. The van der Waals surface area contributed by atoms with E-state index in [1.54, 1.807) is 18.5 Å². The molecule has 0 radical (unpaired) electrons. The third kappa shape index (κ3) is 6.96. The van der Waals surface area contributed by atoms with Crippen molar-refractivity contribution in [1.29, 1.82) is 0 Å². The Morgan fingerprint density at radius 3 is 2.67 bits per heavy atom. The average Bonchev–Trinajstić information content (AvgIpc) is 3.37. The first-order valence-corrected chi connectivity index (χ1v) is 13.2. The molecule has 2 heterocycles. The highest BCUT2D eigenvalue weighted by molar-refractivity contribution is 6.09. The Bertz CT molecular complexity index is 1290. The van der Waals surface area contributed by atoms with Crippen LogP contribution in [0.4, 0.5) is 10.1 Å². The second-order valence-electron chi connectivity index (χ2n) is 9.25. The Balaban J connectivity index is 0.00000205. The van der Waals surface area contributed by atoms with Crippen LogP contribution in [0, 0.1) is 12.7 Å². The molecule has 2 aliphatic heterocycles. The number of nitrogens with one attached hydrogen (secondary N) is 3. The number of β-amino-alcohol motifs (C(OH)–C–C–N with tert-alkyl or cyclic N) is 1. The number of amidine groups is 1. The lowest BCUT2D eigenvalue weighted by atomic mass is 10.0. The number of rotatable bonds is 8. The quantitative estimate of drug-likeness (QED) is 0.352. The SMILES string of the molecule is C=C(NCC1(O)CCNC1)c1ccc(NC2=NC=CN(/C(=C\C)c3ccc(OC)c(F)c3)C2=C)cc1C.CC. The molecule has 2 aromatic carbocycles. The summed E-state index contributed by atoms with van der Waals surface area (Å²) in [5, 5.41) is 20.4. The smallest absolute Gasteiger partial charge is 0.165 e. The van der Waals surface area contributed by atoms with E-state index in [0.717, 1.165) is 41.2 Å². The van der Waals surface area contributed by atoms with Crippen LogP contribution in [0.3, 0.4) is 0 Å². The normalized spacial score (nSPS) is 18.7. The number of benzene rings is 2. The van der Waals surface area contributed by atoms with Crippen LogP contribution in [0.5, 0.6) is 5.75 Å². The lowest BCUT2D eigenvalue weighted by Gasteiger charge is -2.29. The van der Waals surface area contributed by atoms with Crippen molar-refractivity contribution < 1.29 is 14.2 Å². The number of anilines is 1. The molecule has 0 spiro atoms. The summed E-state index contributed by atoms with van der Waals surface area (Å²) < 4.78 is 19.4. The number of halogens is 1. The molecule has 2 aliphatic rings. The maximum atomic E-state index is 14.4.